The van der Waals surface area contributed by atoms with Crippen molar-refractivity contribution in [3.8, 4) is 33.6 Å². The van der Waals surface area contributed by atoms with E-state index in [4.69, 9.17) is 30.6 Å². The van der Waals surface area contributed by atoms with E-state index in [0.29, 0.717) is 24.3 Å². The van der Waals surface area contributed by atoms with Crippen LogP contribution in [0.2, 0.25) is 0 Å². The van der Waals surface area contributed by atoms with Crippen molar-refractivity contribution in [2.45, 2.75) is 0 Å². The molecule has 0 atom stereocenters. The van der Waals surface area contributed by atoms with Gasteiger partial charge >= 0.3 is 55.3 Å². The van der Waals surface area contributed by atoms with Crippen molar-refractivity contribution in [1.29, 1.82) is 0 Å². The molecule has 0 aliphatic carbocycles. The Morgan fingerprint density at radius 1 is 0.299 bits per heavy atom. The zero-order valence-corrected chi connectivity index (χ0v) is 47.0. The molecule has 0 saturated heterocycles. The monoisotopic (exact) mass is 1270 g/mol. The molecule has 0 radical (unpaired) electrons. The topological polar surface area (TPSA) is 670 Å². The summed E-state index contributed by atoms with van der Waals surface area (Å²) in [6, 6.07) is 31.1. The predicted octanol–water partition coefficient (Wildman–Crippen LogP) is -5.53. The van der Waals surface area contributed by atoms with Gasteiger partial charge < -0.3 is 114 Å². The van der Waals surface area contributed by atoms with E-state index < -0.39 is 104 Å². The van der Waals surface area contributed by atoms with Crippen molar-refractivity contribution < 1.29 is 171 Å². The van der Waals surface area contributed by atoms with Gasteiger partial charge in [0.2, 0.25) is 11.4 Å². The first kappa shape index (κ1) is 84.3. The number of aromatic nitrogens is 4. The van der Waals surface area contributed by atoms with Crippen molar-refractivity contribution in [3.63, 3.8) is 0 Å². The molecule has 0 bridgehead atoms. The second-order valence-electron chi connectivity index (χ2n) is 15.4. The summed E-state index contributed by atoms with van der Waals surface area (Å²) < 4.78 is 3.77. The van der Waals surface area contributed by atoms with E-state index in [9.17, 15) is 68.4 Å². The van der Waals surface area contributed by atoms with E-state index in [0.717, 1.165) is 33.6 Å². The third-order valence-corrected chi connectivity index (χ3v) is 10.6. The smallest absolute Gasteiger partial charge is 0.545 e. The molecule has 8 aromatic rings. The van der Waals surface area contributed by atoms with Crippen LogP contribution in [0.3, 0.4) is 0 Å². The molecule has 0 aliphatic heterocycles. The number of aromatic carboxylic acids is 10. The van der Waals surface area contributed by atoms with Crippen LogP contribution in [0.5, 0.6) is 0 Å². The molecule has 4 aromatic carbocycles. The molecular weight excluding hydrogens is 1220 g/mol. The summed E-state index contributed by atoms with van der Waals surface area (Å²) in [7, 11) is 0. The summed E-state index contributed by atoms with van der Waals surface area (Å²) >= 11 is 0. The fraction of sp³-hybridized carbons (Fsp3) is 0. The Balaban J connectivity index is -0.000000333. The Hall–Kier alpha value is -11.5. The first-order valence-electron chi connectivity index (χ1n) is 21.6. The van der Waals surface area contributed by atoms with E-state index in [-0.39, 0.29) is 74.4 Å². The van der Waals surface area contributed by atoms with Gasteiger partial charge in [-0.15, -0.1) is 0 Å². The number of carbonyl (C=O) groups is 10. The average molecular weight is 1270 g/mol. The Kier molecular flexibility index (Phi) is 37.1. The standard InChI is InChI=1S/2C17H12N2O2.2C10H6O8.8H2O.Zn/c2*20-17(21)15-2-1-3-16(12-15)19-10-6-14(7-11-19)13-4-8-18-9-5-13;2*11-7(12)3-1-4(8(13)14)6(10(17)18)2-5(3)9(15)16;;;;;;;;;/h2*1-12H;2*1-2H,(H,11,12)(H,13,14)(H,15,16)(H,17,18);8*1H2;/q;;;;;;;;;;;;+2/p-2. The Bertz CT molecular complexity index is 3230. The predicted molar refractivity (Wildman–Crippen MR) is 283 cm³/mol. The van der Waals surface area contributed by atoms with Gasteiger partial charge in [0.25, 0.3) is 0 Å². The van der Waals surface area contributed by atoms with Gasteiger partial charge in [-0.05, 0) is 82.9 Å². The van der Waals surface area contributed by atoms with E-state index in [2.05, 4.69) is 9.97 Å². The van der Waals surface area contributed by atoms with Crippen LogP contribution >= 0.6 is 0 Å². The number of nitrogens with zero attached hydrogens (tertiary/aromatic N) is 4. The first-order chi connectivity index (χ1) is 37.0. The molecule has 0 unspecified atom stereocenters. The molecule has 0 saturated carbocycles. The molecule has 33 heteroatoms. The minimum Gasteiger partial charge on any atom is -0.545 e. The van der Waals surface area contributed by atoms with Crippen molar-refractivity contribution in [1.82, 2.24) is 9.97 Å². The SMILES string of the molecule is O.O.O.O.O.O.O.O.O=C(O)c1cccc(-[n+]2ccc(-c3ccncc3)cc2)c1.O=C(O)c1cccc(-[n+]2ccc(-c3ccncc3)cc2)c1.O=C([O-])c1cc(C(=O)[O-])c(C(=O)O)cc1C(=O)O.O=C([O-])c1cc(C(=O)[O-])c(C(=O)O)cc1C(=O)O.[Zn+2]. The molecule has 4 heterocycles. The third kappa shape index (κ3) is 22.3. The fourth-order valence-electron chi connectivity index (χ4n) is 6.85. The van der Waals surface area contributed by atoms with Gasteiger partial charge in [-0.2, -0.15) is 9.13 Å². The fourth-order valence-corrected chi connectivity index (χ4v) is 6.85. The van der Waals surface area contributed by atoms with Gasteiger partial charge in [0.05, 0.1) is 57.3 Å². The number of pyridine rings is 4. The molecule has 0 aliphatic rings. The number of hydrogen-bond acceptors (Lipinski definition) is 16. The van der Waals surface area contributed by atoms with Gasteiger partial charge in [0.1, 0.15) is 0 Å². The average Bonchev–Trinajstić information content (AvgIpc) is 3.43. The molecule has 8 rings (SSSR count). The summed E-state index contributed by atoms with van der Waals surface area (Å²) in [6.07, 6.45) is 14.7. The van der Waals surface area contributed by atoms with Crippen LogP contribution in [0, 0.1) is 0 Å². The minimum atomic E-state index is -1.94. The van der Waals surface area contributed by atoms with E-state index in [1.54, 1.807) is 61.2 Å². The van der Waals surface area contributed by atoms with Gasteiger partial charge in [0, 0.05) is 95.6 Å². The first-order valence-corrected chi connectivity index (χ1v) is 21.6. The Morgan fingerprint density at radius 2 is 0.517 bits per heavy atom. The number of carbonyl (C=O) groups excluding carboxylic acids is 4. The van der Waals surface area contributed by atoms with Crippen LogP contribution in [0.15, 0.2) is 171 Å². The maximum atomic E-state index is 11.0. The molecule has 22 N–H and O–H groups in total. The van der Waals surface area contributed by atoms with Crippen LogP contribution in [0.25, 0.3) is 33.6 Å². The molecular formula is C54H50N4O28Zn. The maximum Gasteiger partial charge on any atom is 2.00 e. The Morgan fingerprint density at radius 3 is 0.724 bits per heavy atom. The number of carboxylic acids is 10. The largest absolute Gasteiger partial charge is 2.00 e. The molecule has 4 aromatic heterocycles. The third-order valence-electron chi connectivity index (χ3n) is 10.6. The number of hydrogen-bond donors (Lipinski definition) is 6. The molecule has 32 nitrogen and oxygen atoms in total. The van der Waals surface area contributed by atoms with Crippen molar-refractivity contribution >= 4 is 59.7 Å². The van der Waals surface area contributed by atoms with Crippen molar-refractivity contribution in [3.05, 3.63) is 227 Å². The summed E-state index contributed by atoms with van der Waals surface area (Å²) in [5.41, 5.74) is -0.718. The molecule has 456 valence electrons. The molecule has 0 fully saturated rings. The summed E-state index contributed by atoms with van der Waals surface area (Å²) in [5, 5.41) is 95.5. The van der Waals surface area contributed by atoms with E-state index in [1.165, 1.54) is 0 Å². The number of rotatable bonds is 14. The zero-order chi connectivity index (χ0) is 57.4. The Labute approximate surface area is 499 Å². The summed E-state index contributed by atoms with van der Waals surface area (Å²) in [6.45, 7) is 0. The van der Waals surface area contributed by atoms with Crippen LogP contribution in [-0.2, 0) is 19.5 Å². The van der Waals surface area contributed by atoms with E-state index >= 15 is 0 Å². The van der Waals surface area contributed by atoms with Gasteiger partial charge in [-0.3, -0.25) is 9.97 Å². The molecule has 0 amide bonds. The van der Waals surface area contributed by atoms with Gasteiger partial charge in [-0.1, -0.05) is 12.1 Å². The molecule has 0 spiro atoms. The summed E-state index contributed by atoms with van der Waals surface area (Å²) in [4.78, 5) is 116. The number of benzene rings is 4. The van der Waals surface area contributed by atoms with Crippen molar-refractivity contribution in [2.75, 3.05) is 0 Å². The van der Waals surface area contributed by atoms with Crippen LogP contribution < -0.4 is 29.6 Å². The maximum absolute atomic E-state index is 11.0. The van der Waals surface area contributed by atoms with Crippen LogP contribution in [0.1, 0.15) is 104 Å². The second kappa shape index (κ2) is 38.3. The second-order valence-corrected chi connectivity index (χ2v) is 15.4. The van der Waals surface area contributed by atoms with Crippen LogP contribution in [-0.4, -0.2) is 144 Å². The van der Waals surface area contributed by atoms with Gasteiger partial charge in [-0.25, -0.2) is 28.8 Å². The molecule has 87 heavy (non-hydrogen) atoms. The quantitative estimate of drug-likeness (QED) is 0.0437. The number of carboxylic acid groups (broad SMARTS) is 10. The van der Waals surface area contributed by atoms with Crippen molar-refractivity contribution in [2.24, 2.45) is 0 Å². The van der Waals surface area contributed by atoms with Gasteiger partial charge in [0.15, 0.2) is 24.8 Å². The normalized spacial score (nSPS) is 9.01. The minimum absolute atomic E-state index is 0. The van der Waals surface area contributed by atoms with Crippen LogP contribution in [0.4, 0.5) is 0 Å². The zero-order valence-electron chi connectivity index (χ0n) is 44.1. The van der Waals surface area contributed by atoms with E-state index in [1.807, 2.05) is 94.6 Å². The summed E-state index contributed by atoms with van der Waals surface area (Å²) in [5.74, 6) is -16.5.